The maximum absolute atomic E-state index is 5.78. The molecule has 2 aromatic heterocycles. The van der Waals surface area contributed by atoms with Crippen molar-refractivity contribution in [2.24, 2.45) is 0 Å². The number of rotatable bonds is 1. The van der Waals surface area contributed by atoms with Gasteiger partial charge in [-0.3, -0.25) is 0 Å². The highest BCUT2D eigenvalue weighted by Gasteiger charge is 2.13. The molecule has 2 N–H and O–H groups in total. The van der Waals surface area contributed by atoms with E-state index in [9.17, 15) is 0 Å². The number of nitrogen functional groups attached to an aromatic ring is 1. The molecule has 0 bridgehead atoms. The van der Waals surface area contributed by atoms with Crippen molar-refractivity contribution in [1.82, 2.24) is 5.16 Å². The van der Waals surface area contributed by atoms with Crippen molar-refractivity contribution >= 4 is 17.4 Å². The Morgan fingerprint density at radius 3 is 2.83 bits per heavy atom. The Bertz CT molecular complexity index is 380. The van der Waals surface area contributed by atoms with Gasteiger partial charge >= 0.3 is 0 Å². The van der Waals surface area contributed by atoms with E-state index in [1.165, 1.54) is 12.5 Å². The quantitative estimate of drug-likeness (QED) is 0.738. The molecule has 0 aromatic carbocycles. The maximum Gasteiger partial charge on any atom is 0.190 e. The van der Waals surface area contributed by atoms with E-state index in [0.29, 0.717) is 10.8 Å². The lowest BCUT2D eigenvalue weighted by Gasteiger charge is -1.86. The van der Waals surface area contributed by atoms with E-state index in [0.717, 1.165) is 5.56 Å². The van der Waals surface area contributed by atoms with E-state index >= 15 is 0 Å². The molecular weight excluding hydrogens is 180 g/mol. The molecule has 62 valence electrons. The number of aromatic nitrogens is 1. The topological polar surface area (TPSA) is 65.2 Å². The lowest BCUT2D eigenvalue weighted by molar-refractivity contribution is 0.435. The van der Waals surface area contributed by atoms with Gasteiger partial charge in [0.05, 0.1) is 11.8 Å². The molecule has 0 saturated carbocycles. The molecule has 0 fully saturated rings. The van der Waals surface area contributed by atoms with Gasteiger partial charge in [-0.25, -0.2) is 0 Å². The van der Waals surface area contributed by atoms with Crippen LogP contribution in [0.15, 0.2) is 27.5 Å². The molecule has 5 heteroatoms. The fourth-order valence-corrected chi connectivity index (χ4v) is 1.04. The van der Waals surface area contributed by atoms with Crippen LogP contribution >= 0.6 is 11.6 Å². The smallest absolute Gasteiger partial charge is 0.190 e. The van der Waals surface area contributed by atoms with E-state index in [2.05, 4.69) is 5.16 Å². The average molecular weight is 185 g/mol. The van der Waals surface area contributed by atoms with Gasteiger partial charge in [0, 0.05) is 0 Å². The minimum atomic E-state index is 0.188. The van der Waals surface area contributed by atoms with E-state index in [1.807, 2.05) is 0 Å². The number of furan rings is 1. The summed E-state index contributed by atoms with van der Waals surface area (Å²) in [6.07, 6.45) is 3.02. The van der Waals surface area contributed by atoms with Crippen LogP contribution < -0.4 is 5.73 Å². The van der Waals surface area contributed by atoms with Gasteiger partial charge in [0.25, 0.3) is 0 Å². The summed E-state index contributed by atoms with van der Waals surface area (Å²) < 4.78 is 9.72. The van der Waals surface area contributed by atoms with Crippen LogP contribution in [0.3, 0.4) is 0 Å². The SMILES string of the molecule is Nc1noc(-c2ccoc2)c1Cl. The predicted octanol–water partition coefficient (Wildman–Crippen LogP) is 2.17. The minimum absolute atomic E-state index is 0.188. The molecule has 0 atom stereocenters. The Morgan fingerprint density at radius 1 is 1.50 bits per heavy atom. The van der Waals surface area contributed by atoms with Gasteiger partial charge in [-0.05, 0) is 6.07 Å². The van der Waals surface area contributed by atoms with Crippen LogP contribution in [0.2, 0.25) is 5.02 Å². The Hall–Kier alpha value is -1.42. The monoisotopic (exact) mass is 184 g/mol. The second kappa shape index (κ2) is 2.57. The second-order valence-corrected chi connectivity index (χ2v) is 2.60. The Morgan fingerprint density at radius 2 is 2.33 bits per heavy atom. The molecule has 2 heterocycles. The summed E-state index contributed by atoms with van der Waals surface area (Å²) in [7, 11) is 0. The van der Waals surface area contributed by atoms with Crippen LogP contribution in [-0.4, -0.2) is 5.16 Å². The summed E-state index contributed by atoms with van der Waals surface area (Å²) in [5.41, 5.74) is 6.11. The number of halogens is 1. The number of hydrogen-bond acceptors (Lipinski definition) is 4. The van der Waals surface area contributed by atoms with Crippen LogP contribution in [-0.2, 0) is 0 Å². The summed E-state index contributed by atoms with van der Waals surface area (Å²) in [6.45, 7) is 0. The molecule has 0 aliphatic heterocycles. The van der Waals surface area contributed by atoms with Crippen LogP contribution in [0.5, 0.6) is 0 Å². The standard InChI is InChI=1S/C7H5ClN2O2/c8-5-6(12-10-7(5)9)4-1-2-11-3-4/h1-3H,(H2,9,10). The molecule has 2 rings (SSSR count). The molecule has 0 unspecified atom stereocenters. The Balaban J connectivity index is 2.55. The van der Waals surface area contributed by atoms with Crippen molar-refractivity contribution in [1.29, 1.82) is 0 Å². The predicted molar refractivity (Wildman–Crippen MR) is 43.6 cm³/mol. The summed E-state index contributed by atoms with van der Waals surface area (Å²) in [4.78, 5) is 0. The van der Waals surface area contributed by atoms with Crippen molar-refractivity contribution < 1.29 is 8.94 Å². The fourth-order valence-electron chi connectivity index (χ4n) is 0.864. The van der Waals surface area contributed by atoms with E-state index in [1.54, 1.807) is 6.07 Å². The number of anilines is 1. The van der Waals surface area contributed by atoms with Gasteiger partial charge in [-0.15, -0.1) is 0 Å². The fraction of sp³-hybridized carbons (Fsp3) is 0. The van der Waals surface area contributed by atoms with Crippen molar-refractivity contribution in [2.45, 2.75) is 0 Å². The Labute approximate surface area is 72.9 Å². The summed E-state index contributed by atoms with van der Waals surface area (Å²) in [6, 6.07) is 1.71. The van der Waals surface area contributed by atoms with Gasteiger partial charge in [-0.1, -0.05) is 16.8 Å². The first kappa shape index (κ1) is 7.24. The number of nitrogens with two attached hydrogens (primary N) is 1. The molecule has 0 aliphatic carbocycles. The summed E-state index contributed by atoms with van der Waals surface area (Å²) in [5.74, 6) is 0.621. The van der Waals surface area contributed by atoms with Crippen LogP contribution in [0.1, 0.15) is 0 Å². The van der Waals surface area contributed by atoms with Crippen molar-refractivity contribution in [3.8, 4) is 11.3 Å². The zero-order chi connectivity index (χ0) is 8.55. The van der Waals surface area contributed by atoms with Gasteiger partial charge in [-0.2, -0.15) is 0 Å². The zero-order valence-electron chi connectivity index (χ0n) is 5.95. The van der Waals surface area contributed by atoms with Gasteiger partial charge in [0.15, 0.2) is 11.6 Å². The van der Waals surface area contributed by atoms with Crippen LogP contribution in [0.25, 0.3) is 11.3 Å². The highest BCUT2D eigenvalue weighted by molar-refractivity contribution is 6.35. The minimum Gasteiger partial charge on any atom is -0.472 e. The average Bonchev–Trinajstić information content (AvgIpc) is 2.64. The molecule has 0 radical (unpaired) electrons. The van der Waals surface area contributed by atoms with Gasteiger partial charge in [0.1, 0.15) is 11.3 Å². The lowest BCUT2D eigenvalue weighted by atomic mass is 10.2. The third kappa shape index (κ3) is 0.967. The lowest BCUT2D eigenvalue weighted by Crippen LogP contribution is -1.82. The summed E-state index contributed by atoms with van der Waals surface area (Å²) >= 11 is 5.78. The molecule has 4 nitrogen and oxygen atoms in total. The number of hydrogen-bond donors (Lipinski definition) is 1. The first-order chi connectivity index (χ1) is 5.79. The van der Waals surface area contributed by atoms with Crippen LogP contribution in [0.4, 0.5) is 5.82 Å². The van der Waals surface area contributed by atoms with E-state index < -0.39 is 0 Å². The third-order valence-corrected chi connectivity index (χ3v) is 1.81. The maximum atomic E-state index is 5.78. The second-order valence-electron chi connectivity index (χ2n) is 2.22. The van der Waals surface area contributed by atoms with Gasteiger partial charge < -0.3 is 14.7 Å². The molecule has 0 saturated heterocycles. The highest BCUT2D eigenvalue weighted by atomic mass is 35.5. The molecule has 0 amide bonds. The largest absolute Gasteiger partial charge is 0.472 e. The molecule has 0 aliphatic rings. The van der Waals surface area contributed by atoms with Crippen molar-refractivity contribution in [3.05, 3.63) is 23.6 Å². The normalized spacial score (nSPS) is 10.4. The summed E-state index contributed by atoms with van der Waals surface area (Å²) in [5, 5.41) is 3.82. The molecule has 2 aromatic rings. The first-order valence-electron chi connectivity index (χ1n) is 3.22. The molecular formula is C7H5ClN2O2. The first-order valence-corrected chi connectivity index (χ1v) is 3.60. The Kier molecular flexibility index (Phi) is 1.55. The molecule has 0 spiro atoms. The van der Waals surface area contributed by atoms with Crippen molar-refractivity contribution in [3.63, 3.8) is 0 Å². The van der Waals surface area contributed by atoms with Crippen LogP contribution in [0, 0.1) is 0 Å². The third-order valence-electron chi connectivity index (χ3n) is 1.44. The van der Waals surface area contributed by atoms with Gasteiger partial charge in [0.2, 0.25) is 0 Å². The van der Waals surface area contributed by atoms with E-state index in [4.69, 9.17) is 26.3 Å². The van der Waals surface area contributed by atoms with Crippen molar-refractivity contribution in [2.75, 3.05) is 5.73 Å². The highest BCUT2D eigenvalue weighted by Crippen LogP contribution is 2.31. The zero-order valence-corrected chi connectivity index (χ0v) is 6.71. The van der Waals surface area contributed by atoms with E-state index in [-0.39, 0.29) is 5.82 Å². The molecule has 12 heavy (non-hydrogen) atoms. The number of nitrogens with zero attached hydrogens (tertiary/aromatic N) is 1.